The van der Waals surface area contributed by atoms with Crippen molar-refractivity contribution >= 4 is 89.1 Å². The molecule has 124 heavy (non-hydrogen) atoms. The van der Waals surface area contributed by atoms with Gasteiger partial charge in [-0.15, -0.1) is 0 Å². The third kappa shape index (κ3) is 26.0. The minimum Gasteiger partial charge on any atom is -0.479 e. The molecular weight excluding hydrogens is 1820 g/mol. The third-order valence-electron chi connectivity index (χ3n) is 18.9. The Bertz CT molecular complexity index is 4160. The maximum absolute atomic E-state index is 13.2. The second-order valence-electron chi connectivity index (χ2n) is 27.7. The number of carboxylic acid groups (broad SMARTS) is 4. The first-order valence-corrected chi connectivity index (χ1v) is 40.7. The third-order valence-corrected chi connectivity index (χ3v) is 20.7. The standard InChI is InChI=1S/C56H86N4O60S4/c1-9(63)57-17-36(32(119-123(93,94)95)14(6-62)101-49(17)86)108-55-30(76)27(73)38(43(111-55)47(82)83)114-117-51-20(60-12(4)66)35(23(69)16(103-51)8-100-122(90,91)92)106-54-29(75)26(72)37(42(110-54)46(80)81)113-116-50-18(58-10(2)64)33(21(67)13(5-61)102-50)107-56-41(120-124(96,97)98)31(77)39(44(112-56)48(84)85)115-118-52-19(59-11(3)65)34(22(68)15(104-52)7-99-121(87,88)89)105-53-28(74)24(70)25(71)40(109-53)45(78)79/h13-44,49-56,61-62,67-77,86H,5-8H2,1-4H3,(H,57,63)(H,58,64)(H,59,65)(H,60,66)(H,78,79)(H,80,81)(H,82,83)(H,84,85)(H,87,88,89)(H,90,91,92)(H,93,94,95)(H,96,97,98)/t13-,14-,15-,16-,17-,18-,19-,20-,21+,22+,23+,24+,25+,26-,27-,28-,29-,30-,31+,32+,33-,34-,35-,36-,37+,38+,39+,40+,41-,42+,43+,44+,49+,50-,51-,52-,53-,54-,55-,56-/m1/s1. The lowest BCUT2D eigenvalue weighted by atomic mass is 9.95. The zero-order valence-corrected chi connectivity index (χ0v) is 66.2. The number of rotatable bonds is 37. The highest BCUT2D eigenvalue weighted by molar-refractivity contribution is 7.81. The van der Waals surface area contributed by atoms with Gasteiger partial charge >= 0.3 is 65.5 Å². The molecule has 0 unspecified atom stereocenters. The van der Waals surface area contributed by atoms with E-state index >= 15 is 0 Å². The van der Waals surface area contributed by atoms with E-state index in [1.54, 1.807) is 0 Å². The van der Waals surface area contributed by atoms with E-state index in [0.717, 1.165) is 13.8 Å². The fourth-order valence-electron chi connectivity index (χ4n) is 13.4. The van der Waals surface area contributed by atoms with Gasteiger partial charge in [-0.2, -0.15) is 33.7 Å². The van der Waals surface area contributed by atoms with Crippen molar-refractivity contribution in [1.82, 2.24) is 21.3 Å². The molecule has 4 amide bonds. The predicted molar refractivity (Wildman–Crippen MR) is 358 cm³/mol. The Morgan fingerprint density at radius 1 is 0.282 bits per heavy atom. The first kappa shape index (κ1) is 103. The summed E-state index contributed by atoms with van der Waals surface area (Å²) < 4.78 is 218. The summed E-state index contributed by atoms with van der Waals surface area (Å²) in [4.78, 5) is 133. The van der Waals surface area contributed by atoms with Crippen LogP contribution in [-0.4, -0.2) is 463 Å². The smallest absolute Gasteiger partial charge is 0.397 e. The quantitative estimate of drug-likeness (QED) is 0.0156. The summed E-state index contributed by atoms with van der Waals surface area (Å²) >= 11 is 0. The first-order chi connectivity index (χ1) is 57.5. The lowest BCUT2D eigenvalue weighted by molar-refractivity contribution is -0.466. The van der Waals surface area contributed by atoms with Crippen molar-refractivity contribution in [2.45, 2.75) is 273 Å². The Morgan fingerprint density at radius 2 is 0.581 bits per heavy atom. The molecule has 8 saturated heterocycles. The van der Waals surface area contributed by atoms with E-state index in [4.69, 9.17) is 86.2 Å². The number of carbonyl (C=O) groups is 8. The van der Waals surface area contributed by atoms with Gasteiger partial charge < -0.3 is 170 Å². The second kappa shape index (κ2) is 42.7. The van der Waals surface area contributed by atoms with E-state index in [9.17, 15) is 182 Å². The van der Waals surface area contributed by atoms with Crippen LogP contribution in [0.2, 0.25) is 0 Å². The molecule has 8 rings (SSSR count). The average molecular weight is 1900 g/mol. The Hall–Kier alpha value is -6.04. The van der Waals surface area contributed by atoms with Crippen molar-refractivity contribution < 1.29 is 285 Å². The first-order valence-electron chi connectivity index (χ1n) is 35.2. The van der Waals surface area contributed by atoms with Gasteiger partial charge in [0, 0.05) is 27.7 Å². The predicted octanol–water partition coefficient (Wildman–Crippen LogP) is -18.4. The highest BCUT2D eigenvalue weighted by atomic mass is 32.3. The van der Waals surface area contributed by atoms with Gasteiger partial charge in [0.25, 0.3) is 0 Å². The minimum atomic E-state index is -6.08. The molecule has 68 heteroatoms. The van der Waals surface area contributed by atoms with Crippen LogP contribution in [0.3, 0.4) is 0 Å². The van der Waals surface area contributed by atoms with Gasteiger partial charge in [0.2, 0.25) is 42.5 Å². The maximum atomic E-state index is 13.2. The van der Waals surface area contributed by atoms with Crippen LogP contribution in [0.15, 0.2) is 0 Å². The number of ether oxygens (including phenoxy) is 12. The van der Waals surface area contributed by atoms with Crippen molar-refractivity contribution in [3.63, 3.8) is 0 Å². The van der Waals surface area contributed by atoms with Crippen molar-refractivity contribution in [2.24, 2.45) is 0 Å². The van der Waals surface area contributed by atoms with Crippen molar-refractivity contribution in [2.75, 3.05) is 26.4 Å². The molecule has 26 N–H and O–H groups in total. The van der Waals surface area contributed by atoms with Crippen molar-refractivity contribution in [1.29, 1.82) is 0 Å². The average Bonchev–Trinajstić information content (AvgIpc) is 0.770. The van der Waals surface area contributed by atoms with Crippen LogP contribution in [0.25, 0.3) is 0 Å². The lowest BCUT2D eigenvalue weighted by Crippen LogP contribution is -2.70. The lowest BCUT2D eigenvalue weighted by Gasteiger charge is -2.48. The number of aliphatic carboxylic acids is 4. The van der Waals surface area contributed by atoms with Crippen LogP contribution in [0.1, 0.15) is 27.7 Å². The molecule has 8 fully saturated rings. The molecule has 0 aromatic rings. The summed E-state index contributed by atoms with van der Waals surface area (Å²) in [5.41, 5.74) is 0. The molecular formula is C56H86N4O60S4. The van der Waals surface area contributed by atoms with E-state index in [0.29, 0.717) is 13.8 Å². The molecule has 0 radical (unpaired) electrons. The van der Waals surface area contributed by atoms with E-state index < -0.39 is 361 Å². The van der Waals surface area contributed by atoms with Gasteiger partial charge in [-0.1, -0.05) is 0 Å². The Balaban J connectivity index is 1.03. The Morgan fingerprint density at radius 3 is 0.919 bits per heavy atom. The number of hydrogen-bond acceptors (Lipinski definition) is 52. The minimum absolute atomic E-state index is 0.698. The van der Waals surface area contributed by atoms with Crippen LogP contribution in [0.4, 0.5) is 0 Å². The normalized spacial score (nSPS) is 42.0. The Kier molecular flexibility index (Phi) is 35.6. The van der Waals surface area contributed by atoms with E-state index in [1.807, 2.05) is 0 Å². The van der Waals surface area contributed by atoms with Crippen LogP contribution in [0.5, 0.6) is 0 Å². The molecule has 8 aliphatic heterocycles. The van der Waals surface area contributed by atoms with Crippen LogP contribution in [-0.2, 0) is 183 Å². The van der Waals surface area contributed by atoms with Crippen molar-refractivity contribution in [3.8, 4) is 0 Å². The van der Waals surface area contributed by atoms with Crippen LogP contribution >= 0.6 is 0 Å². The van der Waals surface area contributed by atoms with Crippen molar-refractivity contribution in [3.05, 3.63) is 0 Å². The number of aliphatic hydroxyl groups excluding tert-OH is 14. The topological polar surface area (TPSA) is 969 Å². The zero-order chi connectivity index (χ0) is 92.9. The molecule has 64 nitrogen and oxygen atoms in total. The molecule has 0 aromatic heterocycles. The Labute approximate surface area is 692 Å². The van der Waals surface area contributed by atoms with Crippen LogP contribution < -0.4 is 21.3 Å². The fraction of sp³-hybridized carbons (Fsp3) is 0.857. The number of amides is 4. The number of nitrogens with one attached hydrogen (secondary N) is 4. The summed E-state index contributed by atoms with van der Waals surface area (Å²) in [5.74, 6) is -13.5. The molecule has 0 bridgehead atoms. The molecule has 0 spiro atoms. The summed E-state index contributed by atoms with van der Waals surface area (Å²) in [6.45, 7) is -2.79. The molecule has 0 saturated carbocycles. The van der Waals surface area contributed by atoms with Gasteiger partial charge in [0.1, 0.15) is 146 Å². The van der Waals surface area contributed by atoms with Gasteiger partial charge in [-0.25, -0.2) is 65.2 Å². The molecule has 40 atom stereocenters. The van der Waals surface area contributed by atoms with E-state index in [-0.39, 0.29) is 0 Å². The monoisotopic (exact) mass is 1900 g/mol. The largest absolute Gasteiger partial charge is 0.479 e. The highest BCUT2D eigenvalue weighted by Gasteiger charge is 2.63. The van der Waals surface area contributed by atoms with Gasteiger partial charge in [0.15, 0.2) is 80.3 Å². The molecule has 0 aliphatic carbocycles. The molecule has 0 aromatic carbocycles. The zero-order valence-electron chi connectivity index (χ0n) is 62.9. The van der Waals surface area contributed by atoms with Gasteiger partial charge in [0.05, 0.1) is 26.4 Å². The second-order valence-corrected chi connectivity index (χ2v) is 32.0. The fourth-order valence-corrected chi connectivity index (χ4v) is 15.0. The van der Waals surface area contributed by atoms with E-state index in [1.165, 1.54) is 0 Å². The SMILES string of the molecule is CC(=O)N[C@@H]1[C@@H](O[C@@H]2O[C@H](C(=O)O)[C@@H](OO[C@H]3O[C@H](COS(=O)(=O)O)[C@H](O)[C@H](O[C@@H]4O[C@H](C(=O)O)[C@@H](OO[C@H]5O[C@H](CO)[C@H](O)[C@H](O[C@@H]6O[C@H](C(=O)O)[C@@H](OO[C@H]7O[C@H](COS(=O)(=O)O)[C@H](O)[C@H](O[C@@H]8O[C@H](C(=O)O)[C@@H](O)[C@H](O)[C@H]8O)[C@H]7NC(C)=O)[C@H](O)[C@H]6OS(=O)(=O)O)[C@H]5NC(C)=O)[C@H](O)[C@H]4O)[C@H]3NC(C)=O)[C@H](O)[C@H]2O)[C@@H](OS(=O)(=O)O)[C@@H](CO)O[C@@H]1O. The summed E-state index contributed by atoms with van der Waals surface area (Å²) in [6, 6.07) is -9.02. The number of aliphatic hydroxyl groups is 14. The maximum Gasteiger partial charge on any atom is 0.397 e. The van der Waals surface area contributed by atoms with Gasteiger partial charge in [-0.3, -0.25) is 37.4 Å². The number of hydrogen-bond donors (Lipinski definition) is 26. The van der Waals surface area contributed by atoms with Gasteiger partial charge in [-0.05, 0) is 0 Å². The highest BCUT2D eigenvalue weighted by Crippen LogP contribution is 2.40. The summed E-state index contributed by atoms with van der Waals surface area (Å²) in [7, 11) is -22.8. The molecule has 8 heterocycles. The molecule has 714 valence electrons. The van der Waals surface area contributed by atoms with E-state index in [2.05, 4.69) is 38.0 Å². The number of carboxylic acids is 4. The number of carbonyl (C=O) groups excluding carboxylic acids is 4. The molecule has 8 aliphatic rings. The summed E-state index contributed by atoms with van der Waals surface area (Å²) in [6.07, 6.45) is -93.4. The van der Waals surface area contributed by atoms with Crippen LogP contribution in [0, 0.1) is 0 Å². The summed E-state index contributed by atoms with van der Waals surface area (Å²) in [5, 5.41) is 205.